The predicted molar refractivity (Wildman–Crippen MR) is 68.7 cm³/mol. The highest BCUT2D eigenvalue weighted by molar-refractivity contribution is 5.84. The molecule has 1 atom stereocenters. The van der Waals surface area contributed by atoms with E-state index in [-0.39, 0.29) is 17.9 Å². The summed E-state index contributed by atoms with van der Waals surface area (Å²) < 4.78 is 0. The monoisotopic (exact) mass is 255 g/mol. The quantitative estimate of drug-likeness (QED) is 0.229. The van der Waals surface area contributed by atoms with Gasteiger partial charge in [-0.25, -0.2) is 0 Å². The Kier molecular flexibility index (Phi) is 5.96. The second kappa shape index (κ2) is 7.52. The molecule has 1 aliphatic heterocycles. The van der Waals surface area contributed by atoms with Crippen LogP contribution in [0.5, 0.6) is 0 Å². The third-order valence-corrected chi connectivity index (χ3v) is 2.91. The number of nitrogens with zero attached hydrogens (tertiary/aromatic N) is 2. The molecule has 0 aromatic heterocycles. The van der Waals surface area contributed by atoms with Crippen molar-refractivity contribution in [3.05, 3.63) is 0 Å². The van der Waals surface area contributed by atoms with Gasteiger partial charge in [0.25, 0.3) is 0 Å². The number of hydrogen-bond acceptors (Lipinski definition) is 3. The van der Waals surface area contributed by atoms with Gasteiger partial charge in [0, 0.05) is 19.6 Å². The summed E-state index contributed by atoms with van der Waals surface area (Å²) in [6.07, 6.45) is 4.02. The van der Waals surface area contributed by atoms with Crippen LogP contribution < -0.4 is 16.8 Å². The summed E-state index contributed by atoms with van der Waals surface area (Å²) in [7, 11) is 0. The van der Waals surface area contributed by atoms with E-state index in [2.05, 4.69) is 10.3 Å². The fraction of sp³-hybridized carbons (Fsp3) is 0.727. The number of rotatable bonds is 7. The van der Waals surface area contributed by atoms with Crippen LogP contribution in [0.3, 0.4) is 0 Å². The van der Waals surface area contributed by atoms with Crippen LogP contribution in [0.25, 0.3) is 0 Å². The number of hydrogen-bond donors (Lipinski definition) is 3. The van der Waals surface area contributed by atoms with E-state index in [1.54, 1.807) is 4.90 Å². The van der Waals surface area contributed by atoms with Crippen molar-refractivity contribution in [2.45, 2.75) is 31.7 Å². The van der Waals surface area contributed by atoms with Gasteiger partial charge < -0.3 is 21.7 Å². The molecule has 7 nitrogen and oxygen atoms in total. The molecule has 1 saturated heterocycles. The van der Waals surface area contributed by atoms with E-state index < -0.39 is 0 Å². The maximum absolute atomic E-state index is 11.8. The Hall–Kier alpha value is -1.79. The number of nitrogens with two attached hydrogens (primary N) is 2. The van der Waals surface area contributed by atoms with Crippen LogP contribution in [0.1, 0.15) is 25.7 Å². The van der Waals surface area contributed by atoms with Crippen molar-refractivity contribution in [2.75, 3.05) is 19.6 Å². The Morgan fingerprint density at radius 2 is 2.22 bits per heavy atom. The Bertz CT molecular complexity index is 315. The summed E-state index contributed by atoms with van der Waals surface area (Å²) in [4.78, 5) is 27.9. The average Bonchev–Trinajstić information content (AvgIpc) is 2.81. The van der Waals surface area contributed by atoms with Crippen molar-refractivity contribution in [3.63, 3.8) is 0 Å². The first-order valence-electron chi connectivity index (χ1n) is 6.19. The summed E-state index contributed by atoms with van der Waals surface area (Å²) in [5, 5.41) is 2.83. The molecule has 1 aliphatic rings. The van der Waals surface area contributed by atoms with Gasteiger partial charge in [-0.05, 0) is 25.7 Å². The normalized spacial score (nSPS) is 18.4. The van der Waals surface area contributed by atoms with Gasteiger partial charge in [-0.2, -0.15) is 0 Å². The van der Waals surface area contributed by atoms with Crippen molar-refractivity contribution < 1.29 is 9.59 Å². The maximum atomic E-state index is 11.8. The molecule has 0 aromatic rings. The van der Waals surface area contributed by atoms with E-state index in [1.165, 1.54) is 0 Å². The van der Waals surface area contributed by atoms with Crippen molar-refractivity contribution in [2.24, 2.45) is 16.5 Å². The zero-order valence-corrected chi connectivity index (χ0v) is 10.5. The lowest BCUT2D eigenvalue weighted by atomic mass is 10.2. The number of aliphatic imine (C=N–C) groups is 1. The molecule has 0 aliphatic carbocycles. The standard InChI is InChI=1S/C11H21N5O2/c12-11(13)15-6-2-1-5-14-10(18)9-4-3-7-16(9)8-17/h8-9H,1-7H2,(H,14,18)(H4,12,13,15)/t9-/m0/s1. The van der Waals surface area contributed by atoms with E-state index in [4.69, 9.17) is 11.5 Å². The minimum atomic E-state index is -0.291. The number of likely N-dealkylation sites (tertiary alicyclic amines) is 1. The number of nitrogens with one attached hydrogen (secondary N) is 1. The fourth-order valence-corrected chi connectivity index (χ4v) is 1.97. The van der Waals surface area contributed by atoms with Crippen LogP contribution in [0.2, 0.25) is 0 Å². The zero-order chi connectivity index (χ0) is 13.4. The summed E-state index contributed by atoms with van der Waals surface area (Å²) >= 11 is 0. The minimum Gasteiger partial charge on any atom is -0.370 e. The molecular weight excluding hydrogens is 234 g/mol. The SMILES string of the molecule is NC(N)=NCCCCNC(=O)[C@@H]1CCCN1C=O. The van der Waals surface area contributed by atoms with Gasteiger partial charge in [0.1, 0.15) is 6.04 Å². The Morgan fingerprint density at radius 1 is 1.44 bits per heavy atom. The van der Waals surface area contributed by atoms with Gasteiger partial charge in [-0.1, -0.05) is 0 Å². The molecule has 0 spiro atoms. The topological polar surface area (TPSA) is 114 Å². The highest BCUT2D eigenvalue weighted by atomic mass is 16.2. The summed E-state index contributed by atoms with van der Waals surface area (Å²) in [6, 6.07) is -0.291. The third-order valence-electron chi connectivity index (χ3n) is 2.91. The molecule has 102 valence electrons. The van der Waals surface area contributed by atoms with Crippen LogP contribution in [-0.4, -0.2) is 48.9 Å². The van der Waals surface area contributed by atoms with Crippen LogP contribution >= 0.6 is 0 Å². The molecule has 7 heteroatoms. The second-order valence-corrected chi connectivity index (χ2v) is 4.31. The lowest BCUT2D eigenvalue weighted by molar-refractivity contribution is -0.131. The Labute approximate surface area is 107 Å². The van der Waals surface area contributed by atoms with Gasteiger partial charge >= 0.3 is 0 Å². The maximum Gasteiger partial charge on any atom is 0.242 e. The van der Waals surface area contributed by atoms with Gasteiger partial charge in [-0.15, -0.1) is 0 Å². The van der Waals surface area contributed by atoms with Crippen LogP contribution in [0.15, 0.2) is 4.99 Å². The van der Waals surface area contributed by atoms with Gasteiger partial charge in [0.2, 0.25) is 12.3 Å². The van der Waals surface area contributed by atoms with Crippen LogP contribution in [0.4, 0.5) is 0 Å². The van der Waals surface area contributed by atoms with E-state index in [9.17, 15) is 9.59 Å². The van der Waals surface area contributed by atoms with Crippen molar-refractivity contribution in [1.82, 2.24) is 10.2 Å². The second-order valence-electron chi connectivity index (χ2n) is 4.31. The largest absolute Gasteiger partial charge is 0.370 e. The first-order chi connectivity index (χ1) is 8.65. The van der Waals surface area contributed by atoms with Crippen LogP contribution in [0, 0.1) is 0 Å². The van der Waals surface area contributed by atoms with Gasteiger partial charge in [-0.3, -0.25) is 14.6 Å². The van der Waals surface area contributed by atoms with Crippen molar-refractivity contribution >= 4 is 18.3 Å². The predicted octanol–water partition coefficient (Wildman–Crippen LogP) is -1.22. The lowest BCUT2D eigenvalue weighted by Gasteiger charge is -2.18. The smallest absolute Gasteiger partial charge is 0.242 e. The number of carbonyl (C=O) groups excluding carboxylic acids is 2. The highest BCUT2D eigenvalue weighted by Gasteiger charge is 2.28. The van der Waals surface area contributed by atoms with E-state index in [0.29, 0.717) is 19.6 Å². The zero-order valence-electron chi connectivity index (χ0n) is 10.5. The molecule has 5 N–H and O–H groups in total. The Balaban J connectivity index is 2.13. The summed E-state index contributed by atoms with van der Waals surface area (Å²) in [5.74, 6) is 0.0213. The van der Waals surface area contributed by atoms with Gasteiger partial charge in [0.05, 0.1) is 0 Å². The molecule has 0 unspecified atom stereocenters. The molecule has 1 rings (SSSR count). The molecule has 0 radical (unpaired) electrons. The first-order valence-corrected chi connectivity index (χ1v) is 6.19. The number of amides is 2. The van der Waals surface area contributed by atoms with Crippen molar-refractivity contribution in [3.8, 4) is 0 Å². The molecule has 1 heterocycles. The van der Waals surface area contributed by atoms with E-state index in [1.807, 2.05) is 0 Å². The molecule has 0 saturated carbocycles. The molecule has 2 amide bonds. The highest BCUT2D eigenvalue weighted by Crippen LogP contribution is 2.14. The number of guanidine groups is 1. The lowest BCUT2D eigenvalue weighted by Crippen LogP contribution is -2.42. The first kappa shape index (κ1) is 14.3. The number of unbranched alkanes of at least 4 members (excludes halogenated alkanes) is 1. The van der Waals surface area contributed by atoms with Crippen LogP contribution in [-0.2, 0) is 9.59 Å². The summed E-state index contributed by atoms with van der Waals surface area (Å²) in [5.41, 5.74) is 10.4. The molecule has 18 heavy (non-hydrogen) atoms. The minimum absolute atomic E-state index is 0.0681. The summed E-state index contributed by atoms with van der Waals surface area (Å²) in [6.45, 7) is 1.83. The number of carbonyl (C=O) groups is 2. The van der Waals surface area contributed by atoms with Crippen molar-refractivity contribution in [1.29, 1.82) is 0 Å². The molecule has 0 aromatic carbocycles. The van der Waals surface area contributed by atoms with E-state index >= 15 is 0 Å². The average molecular weight is 255 g/mol. The third kappa shape index (κ3) is 4.60. The van der Waals surface area contributed by atoms with E-state index in [0.717, 1.165) is 32.1 Å². The molecule has 1 fully saturated rings. The fourth-order valence-electron chi connectivity index (χ4n) is 1.97. The van der Waals surface area contributed by atoms with Gasteiger partial charge in [0.15, 0.2) is 5.96 Å². The molecular formula is C11H21N5O2. The Morgan fingerprint density at radius 3 is 2.89 bits per heavy atom. The molecule has 0 bridgehead atoms.